The maximum Gasteiger partial charge on any atom is 0.224 e. The summed E-state index contributed by atoms with van der Waals surface area (Å²) in [6.45, 7) is 2.21. The van der Waals surface area contributed by atoms with Crippen molar-refractivity contribution in [2.45, 2.75) is 30.6 Å². The highest BCUT2D eigenvalue weighted by Gasteiger charge is 2.27. The van der Waals surface area contributed by atoms with Gasteiger partial charge in [-0.15, -0.1) is 11.8 Å². The van der Waals surface area contributed by atoms with Crippen LogP contribution in [0.2, 0.25) is 5.02 Å². The molecule has 7 heteroatoms. The van der Waals surface area contributed by atoms with Crippen molar-refractivity contribution >= 4 is 35.2 Å². The minimum atomic E-state index is -0.104. The first-order valence-electron chi connectivity index (χ1n) is 8.74. The molecule has 0 spiro atoms. The lowest BCUT2D eigenvalue weighted by atomic mass is 9.97. The zero-order chi connectivity index (χ0) is 18.1. The van der Waals surface area contributed by atoms with E-state index in [4.69, 9.17) is 17.3 Å². The van der Waals surface area contributed by atoms with Crippen LogP contribution < -0.4 is 11.1 Å². The van der Waals surface area contributed by atoms with Crippen LogP contribution in [0.1, 0.15) is 25.7 Å². The molecule has 2 amide bonds. The third-order valence-electron chi connectivity index (χ3n) is 4.21. The molecule has 1 atom stereocenters. The third-order valence-corrected chi connectivity index (χ3v) is 5.56. The first-order chi connectivity index (χ1) is 12.1. The molecule has 1 aromatic carbocycles. The van der Waals surface area contributed by atoms with E-state index in [2.05, 4.69) is 5.32 Å². The summed E-state index contributed by atoms with van der Waals surface area (Å²) in [4.78, 5) is 27.4. The molecule has 1 heterocycles. The number of hydrogen-bond acceptors (Lipinski definition) is 4. The van der Waals surface area contributed by atoms with Crippen LogP contribution in [0.25, 0.3) is 0 Å². The molecule has 138 valence electrons. The van der Waals surface area contributed by atoms with Crippen LogP contribution in [-0.4, -0.2) is 48.6 Å². The summed E-state index contributed by atoms with van der Waals surface area (Å²) < 4.78 is 0. The Hall–Kier alpha value is -1.24. The number of piperidine rings is 1. The number of nitrogens with two attached hydrogens (primary N) is 1. The molecule has 25 heavy (non-hydrogen) atoms. The van der Waals surface area contributed by atoms with Crippen LogP contribution in [0.5, 0.6) is 0 Å². The maximum atomic E-state index is 12.4. The van der Waals surface area contributed by atoms with E-state index in [1.54, 1.807) is 11.8 Å². The summed E-state index contributed by atoms with van der Waals surface area (Å²) in [5, 5.41) is 3.55. The van der Waals surface area contributed by atoms with E-state index in [-0.39, 0.29) is 17.7 Å². The zero-order valence-electron chi connectivity index (χ0n) is 14.4. The fraction of sp³-hybridized carbons (Fsp3) is 0.556. The largest absolute Gasteiger partial charge is 0.355 e. The second-order valence-electron chi connectivity index (χ2n) is 6.16. The molecule has 0 saturated carbocycles. The Morgan fingerprint density at radius 2 is 2.08 bits per heavy atom. The molecule has 1 aromatic rings. The van der Waals surface area contributed by atoms with Crippen molar-refractivity contribution in [3.63, 3.8) is 0 Å². The van der Waals surface area contributed by atoms with Crippen LogP contribution in [-0.2, 0) is 9.59 Å². The lowest BCUT2D eigenvalue weighted by Gasteiger charge is -2.32. The Bertz CT molecular complexity index is 568. The Morgan fingerprint density at radius 3 is 2.80 bits per heavy atom. The highest BCUT2D eigenvalue weighted by molar-refractivity contribution is 7.99. The molecule has 2 rings (SSSR count). The highest BCUT2D eigenvalue weighted by atomic mass is 35.5. The molecule has 1 aliphatic heterocycles. The highest BCUT2D eigenvalue weighted by Crippen LogP contribution is 2.22. The third kappa shape index (κ3) is 6.88. The number of carbonyl (C=O) groups is 2. The van der Waals surface area contributed by atoms with Crippen LogP contribution in [0.4, 0.5) is 0 Å². The molecule has 0 radical (unpaired) electrons. The van der Waals surface area contributed by atoms with E-state index < -0.39 is 0 Å². The summed E-state index contributed by atoms with van der Waals surface area (Å²) >= 11 is 7.60. The zero-order valence-corrected chi connectivity index (χ0v) is 16.0. The summed E-state index contributed by atoms with van der Waals surface area (Å²) in [6, 6.07) is 7.73. The predicted octanol–water partition coefficient (Wildman–Crippen LogP) is 2.53. The molecular weight excluding hydrogens is 358 g/mol. The monoisotopic (exact) mass is 383 g/mol. The topological polar surface area (TPSA) is 75.4 Å². The summed E-state index contributed by atoms with van der Waals surface area (Å²) in [5.41, 5.74) is 5.41. The number of halogens is 1. The van der Waals surface area contributed by atoms with E-state index in [0.29, 0.717) is 26.1 Å². The van der Waals surface area contributed by atoms with E-state index in [1.165, 1.54) is 0 Å². The normalized spacial score (nSPS) is 17.4. The van der Waals surface area contributed by atoms with Gasteiger partial charge in [0.2, 0.25) is 11.8 Å². The van der Waals surface area contributed by atoms with Crippen molar-refractivity contribution < 1.29 is 9.59 Å². The van der Waals surface area contributed by atoms with Crippen molar-refractivity contribution in [2.75, 3.05) is 31.9 Å². The molecule has 3 N–H and O–H groups in total. The Balaban J connectivity index is 1.69. The van der Waals surface area contributed by atoms with E-state index in [9.17, 15) is 9.59 Å². The SMILES string of the molecule is NCCNC(=O)C1CCCN(C(=O)CCCSc2ccc(Cl)cc2)C1. The maximum absolute atomic E-state index is 12.4. The quantitative estimate of drug-likeness (QED) is 0.534. The van der Waals surface area contributed by atoms with Gasteiger partial charge in [-0.25, -0.2) is 0 Å². The molecule has 1 unspecified atom stereocenters. The van der Waals surface area contributed by atoms with Crippen LogP contribution in [0, 0.1) is 5.92 Å². The Kier molecular flexibility index (Phi) is 8.58. The Morgan fingerprint density at radius 1 is 1.32 bits per heavy atom. The first kappa shape index (κ1) is 20.1. The van der Waals surface area contributed by atoms with Gasteiger partial charge in [-0.2, -0.15) is 0 Å². The molecule has 5 nitrogen and oxygen atoms in total. The van der Waals surface area contributed by atoms with Crippen LogP contribution >= 0.6 is 23.4 Å². The van der Waals surface area contributed by atoms with Crippen molar-refractivity contribution in [3.05, 3.63) is 29.3 Å². The number of nitrogens with one attached hydrogen (secondary N) is 1. The van der Waals surface area contributed by atoms with Gasteiger partial charge in [-0.1, -0.05) is 11.6 Å². The average Bonchev–Trinajstić information content (AvgIpc) is 2.64. The van der Waals surface area contributed by atoms with Crippen molar-refractivity contribution in [3.8, 4) is 0 Å². The molecule has 0 bridgehead atoms. The first-order valence-corrected chi connectivity index (χ1v) is 10.1. The van der Waals surface area contributed by atoms with Gasteiger partial charge in [-0.3, -0.25) is 9.59 Å². The second kappa shape index (κ2) is 10.7. The average molecular weight is 384 g/mol. The van der Waals surface area contributed by atoms with Gasteiger partial charge < -0.3 is 16.0 Å². The van der Waals surface area contributed by atoms with Crippen molar-refractivity contribution in [2.24, 2.45) is 11.7 Å². The number of rotatable bonds is 8. The lowest BCUT2D eigenvalue weighted by Crippen LogP contribution is -2.46. The lowest BCUT2D eigenvalue weighted by molar-refractivity contribution is -0.135. The van der Waals surface area contributed by atoms with Crippen molar-refractivity contribution in [1.82, 2.24) is 10.2 Å². The van der Waals surface area contributed by atoms with E-state index >= 15 is 0 Å². The number of hydrogen-bond donors (Lipinski definition) is 2. The van der Waals surface area contributed by atoms with Gasteiger partial charge in [0.25, 0.3) is 0 Å². The fourth-order valence-electron chi connectivity index (χ4n) is 2.86. The summed E-state index contributed by atoms with van der Waals surface area (Å²) in [6.07, 6.45) is 3.07. The van der Waals surface area contributed by atoms with E-state index in [1.807, 2.05) is 29.2 Å². The van der Waals surface area contributed by atoms with Gasteiger partial charge >= 0.3 is 0 Å². The van der Waals surface area contributed by atoms with Crippen molar-refractivity contribution in [1.29, 1.82) is 0 Å². The summed E-state index contributed by atoms with van der Waals surface area (Å²) in [7, 11) is 0. The summed E-state index contributed by atoms with van der Waals surface area (Å²) in [5.74, 6) is 0.948. The standard InChI is InChI=1S/C18H26ClN3O2S/c19-15-5-7-16(8-6-15)25-12-2-4-17(23)22-11-1-3-14(13-22)18(24)21-10-9-20/h5-8,14H,1-4,9-13,20H2,(H,21,24). The van der Waals surface area contributed by atoms with E-state index in [0.717, 1.165) is 41.5 Å². The minimum Gasteiger partial charge on any atom is -0.355 e. The van der Waals surface area contributed by atoms with Gasteiger partial charge in [-0.05, 0) is 49.3 Å². The molecule has 1 aliphatic rings. The number of thioether (sulfide) groups is 1. The molecule has 1 fully saturated rings. The fourth-order valence-corrected chi connectivity index (χ4v) is 3.84. The smallest absolute Gasteiger partial charge is 0.224 e. The molecule has 0 aliphatic carbocycles. The number of likely N-dealkylation sites (tertiary alicyclic amines) is 1. The predicted molar refractivity (Wildman–Crippen MR) is 103 cm³/mol. The van der Waals surface area contributed by atoms with Gasteiger partial charge in [0.1, 0.15) is 0 Å². The number of carbonyl (C=O) groups excluding carboxylic acids is 2. The second-order valence-corrected chi connectivity index (χ2v) is 7.77. The molecular formula is C18H26ClN3O2S. The van der Waals surface area contributed by atoms with Gasteiger partial charge in [0.05, 0.1) is 5.92 Å². The molecule has 1 saturated heterocycles. The number of amides is 2. The van der Waals surface area contributed by atoms with Crippen LogP contribution in [0.15, 0.2) is 29.2 Å². The molecule has 0 aromatic heterocycles. The van der Waals surface area contributed by atoms with Gasteiger partial charge in [0.15, 0.2) is 0 Å². The van der Waals surface area contributed by atoms with Crippen LogP contribution in [0.3, 0.4) is 0 Å². The number of benzene rings is 1. The minimum absolute atomic E-state index is 0.0150. The van der Waals surface area contributed by atoms with Gasteiger partial charge in [0, 0.05) is 42.5 Å². The Labute approximate surface area is 158 Å². The number of nitrogens with zero attached hydrogens (tertiary/aromatic N) is 1.